The van der Waals surface area contributed by atoms with Crippen molar-refractivity contribution in [2.24, 2.45) is 0 Å². The average molecular weight is 424 g/mol. The molecule has 1 heterocycles. The van der Waals surface area contributed by atoms with E-state index >= 15 is 0 Å². The number of carbonyl (C=O) groups is 3. The fourth-order valence-electron chi connectivity index (χ4n) is 3.44. The number of para-hydroxylation sites is 1. The van der Waals surface area contributed by atoms with Crippen LogP contribution in [0.5, 0.6) is 0 Å². The molecule has 31 heavy (non-hydrogen) atoms. The van der Waals surface area contributed by atoms with Crippen molar-refractivity contribution in [3.63, 3.8) is 0 Å². The molecule has 8 heteroatoms. The highest BCUT2D eigenvalue weighted by molar-refractivity contribution is 5.96. The molecule has 0 aromatic heterocycles. The summed E-state index contributed by atoms with van der Waals surface area (Å²) in [5, 5.41) is 7.99. The summed E-state index contributed by atoms with van der Waals surface area (Å²) >= 11 is 0. The third-order valence-electron chi connectivity index (χ3n) is 5.29. The first-order chi connectivity index (χ1) is 15.0. The Balaban J connectivity index is 1.36. The minimum Gasteiger partial charge on any atom is -0.334 e. The second-order valence-electron chi connectivity index (χ2n) is 7.56. The number of imide groups is 1. The van der Waals surface area contributed by atoms with Gasteiger partial charge < -0.3 is 10.6 Å². The molecule has 0 spiro atoms. The minimum absolute atomic E-state index is 0.0551. The zero-order valence-electron chi connectivity index (χ0n) is 17.7. The quantitative estimate of drug-likeness (QED) is 0.630. The zero-order chi connectivity index (χ0) is 22.1. The van der Waals surface area contributed by atoms with Gasteiger partial charge in [0.05, 0.1) is 12.6 Å². The minimum atomic E-state index is -0.503. The molecule has 1 fully saturated rings. The van der Waals surface area contributed by atoms with Crippen LogP contribution < -0.4 is 16.0 Å². The molecule has 8 nitrogen and oxygen atoms in total. The van der Waals surface area contributed by atoms with Crippen LogP contribution >= 0.6 is 0 Å². The Kier molecular flexibility index (Phi) is 8.14. The predicted octanol–water partition coefficient (Wildman–Crippen LogP) is 1.66. The maximum absolute atomic E-state index is 12.4. The molecule has 1 saturated heterocycles. The number of anilines is 1. The maximum atomic E-state index is 12.4. The molecule has 0 aliphatic carbocycles. The Hall–Kier alpha value is -3.23. The molecule has 1 aliphatic heterocycles. The Labute approximate surface area is 182 Å². The average Bonchev–Trinajstić information content (AvgIpc) is 2.79. The molecule has 0 bridgehead atoms. The van der Waals surface area contributed by atoms with Gasteiger partial charge in [0, 0.05) is 38.4 Å². The molecule has 164 valence electrons. The van der Waals surface area contributed by atoms with E-state index in [1.54, 1.807) is 6.92 Å². The van der Waals surface area contributed by atoms with Gasteiger partial charge >= 0.3 is 6.03 Å². The predicted molar refractivity (Wildman–Crippen MR) is 119 cm³/mol. The van der Waals surface area contributed by atoms with Crippen molar-refractivity contribution >= 4 is 23.5 Å². The van der Waals surface area contributed by atoms with Crippen LogP contribution in [-0.4, -0.2) is 66.4 Å². The van der Waals surface area contributed by atoms with Crippen LogP contribution in [0.15, 0.2) is 60.7 Å². The number of piperazine rings is 1. The van der Waals surface area contributed by atoms with Gasteiger partial charge in [-0.05, 0) is 24.6 Å². The fourth-order valence-corrected chi connectivity index (χ4v) is 3.44. The number of hydrogen-bond acceptors (Lipinski definition) is 5. The highest BCUT2D eigenvalue weighted by Crippen LogP contribution is 2.08. The van der Waals surface area contributed by atoms with Crippen molar-refractivity contribution in [3.05, 3.63) is 66.2 Å². The first-order valence-corrected chi connectivity index (χ1v) is 10.4. The maximum Gasteiger partial charge on any atom is 0.321 e. The Morgan fingerprint density at radius 2 is 1.52 bits per heavy atom. The molecule has 3 rings (SSSR count). The molecule has 2 aromatic rings. The van der Waals surface area contributed by atoms with Gasteiger partial charge in [0.1, 0.15) is 0 Å². The van der Waals surface area contributed by atoms with Crippen LogP contribution in [0.2, 0.25) is 0 Å². The molecular weight excluding hydrogens is 394 g/mol. The lowest BCUT2D eigenvalue weighted by Gasteiger charge is -2.36. The smallest absolute Gasteiger partial charge is 0.321 e. The molecule has 2 aromatic carbocycles. The van der Waals surface area contributed by atoms with Crippen LogP contribution in [0.1, 0.15) is 12.5 Å². The third-order valence-corrected chi connectivity index (χ3v) is 5.29. The standard InChI is InChI=1S/C23H29N5O3/c1-18(22(30)26-23(31)24-16-19-8-4-2-5-9-19)28-14-12-27(13-15-28)17-21(29)25-20-10-6-3-7-11-20/h2-11,18H,12-17H2,1H3,(H,25,29)(H2,24,26,30,31). The van der Waals surface area contributed by atoms with E-state index in [1.165, 1.54) is 0 Å². The summed E-state index contributed by atoms with van der Waals surface area (Å²) in [6, 6.07) is 17.9. The highest BCUT2D eigenvalue weighted by atomic mass is 16.2. The summed E-state index contributed by atoms with van der Waals surface area (Å²) < 4.78 is 0. The van der Waals surface area contributed by atoms with Crippen LogP contribution in [-0.2, 0) is 16.1 Å². The Bertz CT molecular complexity index is 867. The van der Waals surface area contributed by atoms with E-state index in [0.717, 1.165) is 11.3 Å². The fraction of sp³-hybridized carbons (Fsp3) is 0.348. The lowest BCUT2D eigenvalue weighted by atomic mass is 10.2. The topological polar surface area (TPSA) is 93.8 Å². The lowest BCUT2D eigenvalue weighted by Crippen LogP contribution is -2.56. The third kappa shape index (κ3) is 7.20. The summed E-state index contributed by atoms with van der Waals surface area (Å²) in [6.45, 7) is 5.12. The van der Waals surface area contributed by atoms with Crippen molar-refractivity contribution < 1.29 is 14.4 Å². The second-order valence-corrected chi connectivity index (χ2v) is 7.56. The normalized spacial score (nSPS) is 15.6. The Morgan fingerprint density at radius 1 is 0.903 bits per heavy atom. The molecular formula is C23H29N5O3. The number of urea groups is 1. The van der Waals surface area contributed by atoms with Crippen molar-refractivity contribution in [2.75, 3.05) is 38.0 Å². The number of nitrogens with zero attached hydrogens (tertiary/aromatic N) is 2. The van der Waals surface area contributed by atoms with Crippen LogP contribution in [0.25, 0.3) is 0 Å². The van der Waals surface area contributed by atoms with Crippen LogP contribution in [0, 0.1) is 0 Å². The first-order valence-electron chi connectivity index (χ1n) is 10.4. The number of hydrogen-bond donors (Lipinski definition) is 3. The van der Waals surface area contributed by atoms with E-state index in [4.69, 9.17) is 0 Å². The van der Waals surface area contributed by atoms with Gasteiger partial charge in [0.2, 0.25) is 11.8 Å². The largest absolute Gasteiger partial charge is 0.334 e. The van der Waals surface area contributed by atoms with Gasteiger partial charge in [0.15, 0.2) is 0 Å². The van der Waals surface area contributed by atoms with E-state index in [1.807, 2.05) is 65.6 Å². The molecule has 1 aliphatic rings. The van der Waals surface area contributed by atoms with Gasteiger partial charge in [0.25, 0.3) is 0 Å². The number of amides is 4. The molecule has 4 amide bonds. The monoisotopic (exact) mass is 423 g/mol. The number of nitrogens with one attached hydrogen (secondary N) is 3. The van der Waals surface area contributed by atoms with E-state index < -0.39 is 12.1 Å². The van der Waals surface area contributed by atoms with Crippen molar-refractivity contribution in [1.82, 2.24) is 20.4 Å². The summed E-state index contributed by atoms with van der Waals surface area (Å²) in [5.41, 5.74) is 1.74. The molecule has 1 unspecified atom stereocenters. The van der Waals surface area contributed by atoms with Gasteiger partial charge in [-0.15, -0.1) is 0 Å². The molecule has 0 radical (unpaired) electrons. The first kappa shape index (κ1) is 22.5. The van der Waals surface area contributed by atoms with Crippen LogP contribution in [0.3, 0.4) is 0 Å². The summed E-state index contributed by atoms with van der Waals surface area (Å²) in [6.07, 6.45) is 0. The number of carbonyl (C=O) groups excluding carboxylic acids is 3. The van der Waals surface area contributed by atoms with Gasteiger partial charge in [-0.3, -0.25) is 24.7 Å². The lowest BCUT2D eigenvalue weighted by molar-refractivity contribution is -0.126. The number of rotatable bonds is 7. The highest BCUT2D eigenvalue weighted by Gasteiger charge is 2.27. The molecule has 3 N–H and O–H groups in total. The molecule has 0 saturated carbocycles. The van der Waals surface area contributed by atoms with Crippen molar-refractivity contribution in [3.8, 4) is 0 Å². The number of benzene rings is 2. The SMILES string of the molecule is CC(C(=O)NC(=O)NCc1ccccc1)N1CCN(CC(=O)Nc2ccccc2)CC1. The Morgan fingerprint density at radius 3 is 2.16 bits per heavy atom. The van der Waals surface area contributed by atoms with Gasteiger partial charge in [-0.2, -0.15) is 0 Å². The van der Waals surface area contributed by atoms with Gasteiger partial charge in [-0.25, -0.2) is 4.79 Å². The molecule has 1 atom stereocenters. The van der Waals surface area contributed by atoms with Crippen molar-refractivity contribution in [1.29, 1.82) is 0 Å². The second kappa shape index (κ2) is 11.2. The van der Waals surface area contributed by atoms with E-state index in [2.05, 4.69) is 20.9 Å². The van der Waals surface area contributed by atoms with E-state index in [0.29, 0.717) is 39.3 Å². The van der Waals surface area contributed by atoms with Gasteiger partial charge in [-0.1, -0.05) is 48.5 Å². The summed E-state index contributed by atoms with van der Waals surface area (Å²) in [4.78, 5) is 40.8. The van der Waals surface area contributed by atoms with E-state index in [9.17, 15) is 14.4 Å². The van der Waals surface area contributed by atoms with E-state index in [-0.39, 0.29) is 11.8 Å². The van der Waals surface area contributed by atoms with Crippen LogP contribution in [0.4, 0.5) is 10.5 Å². The zero-order valence-corrected chi connectivity index (χ0v) is 17.7. The summed E-state index contributed by atoms with van der Waals surface area (Å²) in [7, 11) is 0. The summed E-state index contributed by atoms with van der Waals surface area (Å²) in [5.74, 6) is -0.388. The van der Waals surface area contributed by atoms with Crippen molar-refractivity contribution in [2.45, 2.75) is 19.5 Å².